The van der Waals surface area contributed by atoms with Gasteiger partial charge in [0.1, 0.15) is 0 Å². The summed E-state index contributed by atoms with van der Waals surface area (Å²) >= 11 is 1.80. The molecule has 0 saturated heterocycles. The lowest BCUT2D eigenvalue weighted by atomic mass is 10.0. The minimum atomic E-state index is 0.653. The number of aromatic nitrogens is 4. The molecule has 0 aliphatic carbocycles. The van der Waals surface area contributed by atoms with Gasteiger partial charge in [-0.1, -0.05) is 121 Å². The first kappa shape index (κ1) is 27.0. The molecule has 0 atom stereocenters. The van der Waals surface area contributed by atoms with Crippen LogP contribution >= 0.6 is 11.3 Å². The number of nitrogens with zero attached hydrogens (tertiary/aromatic N) is 4. The fourth-order valence-corrected chi connectivity index (χ4v) is 8.28. The van der Waals surface area contributed by atoms with Crippen molar-refractivity contribution in [3.8, 4) is 39.9 Å². The Kier molecular flexibility index (Phi) is 6.01. The lowest BCUT2D eigenvalue weighted by molar-refractivity contribution is 1.08. The Morgan fingerprint density at radius 3 is 1.69 bits per heavy atom. The zero-order valence-corrected chi connectivity index (χ0v) is 26.5. The van der Waals surface area contributed by atoms with Crippen LogP contribution < -0.4 is 0 Å². The van der Waals surface area contributed by atoms with Gasteiger partial charge in [-0.25, -0.2) is 15.0 Å². The number of thiophene rings is 1. The summed E-state index contributed by atoms with van der Waals surface area (Å²) in [4.78, 5) is 15.5. The highest BCUT2D eigenvalue weighted by Gasteiger charge is 2.20. The Morgan fingerprint density at radius 2 is 0.938 bits per heavy atom. The minimum Gasteiger partial charge on any atom is -0.309 e. The SMILES string of the molecule is c1ccc(-c2nc(-c3ccc(-n4c5ccccc5c5ccccc54)c4ccccc34)nc(-c3cccc4sc5ccccc5c34)n2)cc1. The van der Waals surface area contributed by atoms with Gasteiger partial charge in [0.2, 0.25) is 0 Å². The summed E-state index contributed by atoms with van der Waals surface area (Å²) in [6.45, 7) is 0. The Hall–Kier alpha value is -6.17. The van der Waals surface area contributed by atoms with E-state index in [4.69, 9.17) is 15.0 Å². The average molecular weight is 631 g/mol. The first-order valence-electron chi connectivity index (χ1n) is 16.0. The van der Waals surface area contributed by atoms with Crippen molar-refractivity contribution in [3.63, 3.8) is 0 Å². The first-order valence-corrected chi connectivity index (χ1v) is 16.9. The molecule has 0 bridgehead atoms. The fourth-order valence-electron chi connectivity index (χ4n) is 7.15. The van der Waals surface area contributed by atoms with Crippen molar-refractivity contribution in [1.82, 2.24) is 19.5 Å². The molecule has 10 aromatic rings. The fraction of sp³-hybridized carbons (Fsp3) is 0. The lowest BCUT2D eigenvalue weighted by Gasteiger charge is -2.15. The van der Waals surface area contributed by atoms with Crippen LogP contribution in [0.15, 0.2) is 158 Å². The second-order valence-electron chi connectivity index (χ2n) is 12.0. The van der Waals surface area contributed by atoms with Crippen molar-refractivity contribution in [2.75, 3.05) is 0 Å². The van der Waals surface area contributed by atoms with Gasteiger partial charge >= 0.3 is 0 Å². The highest BCUT2D eigenvalue weighted by Crippen LogP contribution is 2.41. The van der Waals surface area contributed by atoms with Crippen LogP contribution in [0.1, 0.15) is 0 Å². The molecule has 3 heterocycles. The standard InChI is InChI=1S/C43H26N4S/c1-2-13-27(14-3-1)41-44-42(46-43(45-41)34-20-12-24-39-40(34)33-19-8-11-23-38(33)48-39)32-25-26-37(29-16-5-4-15-28(29)32)47-35-21-9-6-17-30(35)31-18-7-10-22-36(31)47/h1-26H. The van der Waals surface area contributed by atoms with Crippen molar-refractivity contribution in [3.05, 3.63) is 158 Å². The van der Waals surface area contributed by atoms with E-state index >= 15 is 0 Å². The number of hydrogen-bond acceptors (Lipinski definition) is 4. The van der Waals surface area contributed by atoms with Crippen molar-refractivity contribution < 1.29 is 0 Å². The monoisotopic (exact) mass is 630 g/mol. The smallest absolute Gasteiger partial charge is 0.164 e. The van der Waals surface area contributed by atoms with Gasteiger partial charge in [-0.05, 0) is 41.8 Å². The zero-order chi connectivity index (χ0) is 31.6. The second kappa shape index (κ2) is 10.7. The molecular formula is C43H26N4S. The summed E-state index contributed by atoms with van der Waals surface area (Å²) in [5, 5.41) is 7.11. The van der Waals surface area contributed by atoms with Gasteiger partial charge in [0.15, 0.2) is 17.5 Å². The molecule has 0 fully saturated rings. The van der Waals surface area contributed by atoms with Crippen LogP contribution in [0.2, 0.25) is 0 Å². The molecule has 10 rings (SSSR count). The third kappa shape index (κ3) is 4.11. The Balaban J connectivity index is 1.25. The molecule has 0 aliphatic rings. The van der Waals surface area contributed by atoms with Gasteiger partial charge in [-0.15, -0.1) is 11.3 Å². The topological polar surface area (TPSA) is 43.6 Å². The third-order valence-electron chi connectivity index (χ3n) is 9.27. The van der Waals surface area contributed by atoms with Crippen LogP contribution in [0.3, 0.4) is 0 Å². The molecule has 224 valence electrons. The van der Waals surface area contributed by atoms with Crippen LogP contribution in [0.4, 0.5) is 0 Å². The van der Waals surface area contributed by atoms with E-state index in [1.54, 1.807) is 11.3 Å². The van der Waals surface area contributed by atoms with Crippen molar-refractivity contribution in [2.45, 2.75) is 0 Å². The summed E-state index contributed by atoms with van der Waals surface area (Å²) < 4.78 is 4.86. The Bertz CT molecular complexity index is 2800. The minimum absolute atomic E-state index is 0.653. The molecule has 0 saturated carbocycles. The summed E-state index contributed by atoms with van der Waals surface area (Å²) in [6, 6.07) is 55.5. The molecule has 4 nitrogen and oxygen atoms in total. The van der Waals surface area contributed by atoms with Gasteiger partial charge in [0.05, 0.1) is 16.7 Å². The van der Waals surface area contributed by atoms with E-state index in [9.17, 15) is 0 Å². The highest BCUT2D eigenvalue weighted by atomic mass is 32.1. The largest absolute Gasteiger partial charge is 0.309 e. The van der Waals surface area contributed by atoms with E-state index in [1.165, 1.54) is 42.0 Å². The number of rotatable bonds is 4. The molecule has 0 radical (unpaired) electrons. The molecule has 48 heavy (non-hydrogen) atoms. The molecule has 3 aromatic heterocycles. The van der Waals surface area contributed by atoms with Crippen LogP contribution in [0.5, 0.6) is 0 Å². The second-order valence-corrected chi connectivity index (χ2v) is 13.1. The molecule has 7 aromatic carbocycles. The maximum Gasteiger partial charge on any atom is 0.164 e. The molecule has 0 unspecified atom stereocenters. The maximum atomic E-state index is 5.25. The predicted octanol–water partition coefficient (Wildman–Crippen LogP) is 11.5. The van der Waals surface area contributed by atoms with E-state index in [0.29, 0.717) is 17.5 Å². The third-order valence-corrected chi connectivity index (χ3v) is 10.4. The first-order chi connectivity index (χ1) is 23.8. The Morgan fingerprint density at radius 1 is 0.375 bits per heavy atom. The normalized spacial score (nSPS) is 11.8. The van der Waals surface area contributed by atoms with Crippen LogP contribution in [0, 0.1) is 0 Å². The number of hydrogen-bond donors (Lipinski definition) is 0. The summed E-state index contributed by atoms with van der Waals surface area (Å²) in [6.07, 6.45) is 0. The molecule has 0 amide bonds. The van der Waals surface area contributed by atoms with Crippen LogP contribution in [0.25, 0.3) is 92.6 Å². The molecule has 0 spiro atoms. The van der Waals surface area contributed by atoms with Crippen molar-refractivity contribution in [2.24, 2.45) is 0 Å². The van der Waals surface area contributed by atoms with Gasteiger partial charge < -0.3 is 4.57 Å². The van der Waals surface area contributed by atoms with Crippen molar-refractivity contribution >= 4 is 64.1 Å². The van der Waals surface area contributed by atoms with E-state index in [-0.39, 0.29) is 0 Å². The molecule has 0 aliphatic heterocycles. The average Bonchev–Trinajstić information content (AvgIpc) is 3.71. The van der Waals surface area contributed by atoms with E-state index in [1.807, 2.05) is 18.2 Å². The van der Waals surface area contributed by atoms with Crippen LogP contribution in [-0.4, -0.2) is 19.5 Å². The van der Waals surface area contributed by atoms with Crippen LogP contribution in [-0.2, 0) is 0 Å². The van der Waals surface area contributed by atoms with E-state index < -0.39 is 0 Å². The van der Waals surface area contributed by atoms with Gasteiger partial charge in [-0.2, -0.15) is 0 Å². The van der Waals surface area contributed by atoms with E-state index in [2.05, 4.69) is 144 Å². The lowest BCUT2D eigenvalue weighted by Crippen LogP contribution is -2.02. The summed E-state index contributed by atoms with van der Waals surface area (Å²) in [5.74, 6) is 1.98. The number of benzene rings is 7. The quantitative estimate of drug-likeness (QED) is 0.194. The highest BCUT2D eigenvalue weighted by molar-refractivity contribution is 7.25. The van der Waals surface area contributed by atoms with Gasteiger partial charge in [0.25, 0.3) is 0 Å². The number of fused-ring (bicyclic) bond motifs is 7. The zero-order valence-electron chi connectivity index (χ0n) is 25.7. The van der Waals surface area contributed by atoms with E-state index in [0.717, 1.165) is 33.2 Å². The molecule has 5 heteroatoms. The Labute approximate surface area is 280 Å². The predicted molar refractivity (Wildman–Crippen MR) is 201 cm³/mol. The van der Waals surface area contributed by atoms with Gasteiger partial charge in [-0.3, -0.25) is 0 Å². The maximum absolute atomic E-state index is 5.25. The number of para-hydroxylation sites is 2. The summed E-state index contributed by atoms with van der Waals surface area (Å²) in [7, 11) is 0. The summed E-state index contributed by atoms with van der Waals surface area (Å²) in [5.41, 5.74) is 6.42. The van der Waals surface area contributed by atoms with Gasteiger partial charge in [0, 0.05) is 53.0 Å². The molecule has 0 N–H and O–H groups in total. The van der Waals surface area contributed by atoms with Crippen molar-refractivity contribution in [1.29, 1.82) is 0 Å². The molecular weight excluding hydrogens is 605 g/mol.